The number of nitrogens with one attached hydrogen (secondary N) is 1. The number of benzene rings is 1. The average Bonchev–Trinajstić information content (AvgIpc) is 3.23. The number of thioether (sulfide) groups is 1. The first kappa shape index (κ1) is 14.8. The third kappa shape index (κ3) is 2.88. The van der Waals surface area contributed by atoms with Crippen molar-refractivity contribution in [2.24, 2.45) is 0 Å². The molecule has 0 fully saturated rings. The molecule has 3 aromatic rings. The summed E-state index contributed by atoms with van der Waals surface area (Å²) in [5, 5.41) is 8.06. The second kappa shape index (κ2) is 6.02. The number of rotatable bonds is 3. The maximum atomic E-state index is 4.70. The third-order valence-corrected chi connectivity index (χ3v) is 5.40. The summed E-state index contributed by atoms with van der Waals surface area (Å²) in [5.74, 6) is 2.02. The van der Waals surface area contributed by atoms with Gasteiger partial charge in [0.25, 0.3) is 0 Å². The molecule has 6 heteroatoms. The smallest absolute Gasteiger partial charge is 0.153 e. The third-order valence-electron chi connectivity index (χ3n) is 4.00. The van der Waals surface area contributed by atoms with Crippen LogP contribution < -0.4 is 5.32 Å². The fraction of sp³-hybridized carbons (Fsp3) is 0.176. The van der Waals surface area contributed by atoms with Crippen LogP contribution in [0.5, 0.6) is 0 Å². The van der Waals surface area contributed by atoms with Crippen molar-refractivity contribution in [3.8, 4) is 5.82 Å². The molecule has 1 atom stereocenters. The highest BCUT2D eigenvalue weighted by molar-refractivity contribution is 9.10. The van der Waals surface area contributed by atoms with Crippen LogP contribution in [0.1, 0.15) is 24.1 Å². The molecule has 1 aliphatic heterocycles. The highest BCUT2D eigenvalue weighted by Crippen LogP contribution is 2.36. The van der Waals surface area contributed by atoms with Gasteiger partial charge in [0.1, 0.15) is 0 Å². The van der Waals surface area contributed by atoms with Gasteiger partial charge in [0.2, 0.25) is 0 Å². The summed E-state index contributed by atoms with van der Waals surface area (Å²) in [4.78, 5) is 5.71. The van der Waals surface area contributed by atoms with Gasteiger partial charge in [-0.2, -0.15) is 5.10 Å². The van der Waals surface area contributed by atoms with Gasteiger partial charge in [0.05, 0.1) is 11.6 Å². The van der Waals surface area contributed by atoms with E-state index in [0.717, 1.165) is 21.9 Å². The Morgan fingerprint density at radius 1 is 1.26 bits per heavy atom. The normalized spacial score (nSPS) is 14.3. The van der Waals surface area contributed by atoms with Crippen molar-refractivity contribution in [2.75, 3.05) is 11.2 Å². The first-order valence-electron chi connectivity index (χ1n) is 7.39. The summed E-state index contributed by atoms with van der Waals surface area (Å²) >= 11 is 5.25. The summed E-state index contributed by atoms with van der Waals surface area (Å²) in [6.45, 7) is 2.19. The Hall–Kier alpha value is -1.79. The number of pyridine rings is 1. The second-order valence-corrected chi connectivity index (χ2v) is 7.40. The van der Waals surface area contributed by atoms with Crippen molar-refractivity contribution in [2.45, 2.75) is 17.7 Å². The minimum atomic E-state index is 0.248. The van der Waals surface area contributed by atoms with Crippen LogP contribution in [-0.4, -0.2) is 20.6 Å². The molecule has 1 N–H and O–H groups in total. The zero-order valence-electron chi connectivity index (χ0n) is 12.5. The molecule has 1 unspecified atom stereocenters. The molecule has 4 nitrogen and oxygen atoms in total. The number of nitrogens with zero attached hydrogens (tertiary/aromatic N) is 3. The van der Waals surface area contributed by atoms with Crippen LogP contribution in [0.15, 0.2) is 58.2 Å². The van der Waals surface area contributed by atoms with Crippen LogP contribution in [0.2, 0.25) is 0 Å². The SMILES string of the molecule is CC(c1ccc2c(c1)SCN2)c1ccn(-c2ccc(Br)cn2)n1. The molecule has 116 valence electrons. The molecular formula is C17H15BrN4S. The lowest BCUT2D eigenvalue weighted by atomic mass is 9.98. The Morgan fingerprint density at radius 2 is 2.17 bits per heavy atom. The van der Waals surface area contributed by atoms with Crippen LogP contribution >= 0.6 is 27.7 Å². The first-order valence-corrected chi connectivity index (χ1v) is 9.17. The van der Waals surface area contributed by atoms with Crippen molar-refractivity contribution >= 4 is 33.4 Å². The van der Waals surface area contributed by atoms with Gasteiger partial charge in [-0.05, 0) is 51.8 Å². The molecule has 23 heavy (non-hydrogen) atoms. The van der Waals surface area contributed by atoms with Gasteiger partial charge in [-0.3, -0.25) is 0 Å². The largest absolute Gasteiger partial charge is 0.375 e. The van der Waals surface area contributed by atoms with Crippen LogP contribution in [0, 0.1) is 0 Å². The minimum absolute atomic E-state index is 0.248. The van der Waals surface area contributed by atoms with Gasteiger partial charge >= 0.3 is 0 Å². The van der Waals surface area contributed by atoms with E-state index in [-0.39, 0.29) is 5.92 Å². The number of hydrogen-bond donors (Lipinski definition) is 1. The van der Waals surface area contributed by atoms with Gasteiger partial charge in [0, 0.05) is 33.4 Å². The van der Waals surface area contributed by atoms with E-state index in [4.69, 9.17) is 5.10 Å². The highest BCUT2D eigenvalue weighted by Gasteiger charge is 2.16. The predicted octanol–water partition coefficient (Wildman–Crippen LogP) is 4.66. The van der Waals surface area contributed by atoms with E-state index in [0.29, 0.717) is 0 Å². The molecule has 1 aromatic carbocycles. The quantitative estimate of drug-likeness (QED) is 0.710. The van der Waals surface area contributed by atoms with E-state index < -0.39 is 0 Å². The first-order chi connectivity index (χ1) is 11.2. The van der Waals surface area contributed by atoms with E-state index in [2.05, 4.69) is 57.4 Å². The van der Waals surface area contributed by atoms with Gasteiger partial charge in [0.15, 0.2) is 5.82 Å². The number of aromatic nitrogens is 3. The van der Waals surface area contributed by atoms with Crippen LogP contribution in [-0.2, 0) is 0 Å². The molecule has 0 spiro atoms. The summed E-state index contributed by atoms with van der Waals surface area (Å²) in [6, 6.07) is 12.6. The Morgan fingerprint density at radius 3 is 3.00 bits per heavy atom. The standard InChI is InChI=1S/C17H15BrN4S/c1-11(12-2-4-15-16(8-12)23-10-20-15)14-6-7-22(21-14)17-5-3-13(18)9-19-17/h2-9,11,20H,10H2,1H3. The van der Waals surface area contributed by atoms with Crippen molar-refractivity contribution in [1.82, 2.24) is 14.8 Å². The van der Waals surface area contributed by atoms with E-state index in [1.165, 1.54) is 16.1 Å². The molecule has 3 heterocycles. The molecule has 0 radical (unpaired) electrons. The Bertz CT molecular complexity index is 844. The fourth-order valence-electron chi connectivity index (χ4n) is 2.64. The lowest BCUT2D eigenvalue weighted by molar-refractivity contribution is 0.778. The molecule has 2 aromatic heterocycles. The predicted molar refractivity (Wildman–Crippen MR) is 97.4 cm³/mol. The molecule has 1 aliphatic rings. The lowest BCUT2D eigenvalue weighted by Crippen LogP contribution is -2.02. The summed E-state index contributed by atoms with van der Waals surface area (Å²) in [7, 11) is 0. The topological polar surface area (TPSA) is 42.7 Å². The van der Waals surface area contributed by atoms with E-state index in [1.54, 1.807) is 6.20 Å². The van der Waals surface area contributed by atoms with Gasteiger partial charge in [-0.15, -0.1) is 11.8 Å². The lowest BCUT2D eigenvalue weighted by Gasteiger charge is -2.10. The van der Waals surface area contributed by atoms with E-state index in [9.17, 15) is 0 Å². The number of anilines is 1. The van der Waals surface area contributed by atoms with Gasteiger partial charge in [-0.25, -0.2) is 9.67 Å². The molecule has 0 saturated carbocycles. The van der Waals surface area contributed by atoms with Crippen LogP contribution in [0.3, 0.4) is 0 Å². The number of halogens is 1. The molecular weight excluding hydrogens is 372 g/mol. The van der Waals surface area contributed by atoms with Crippen molar-refractivity contribution in [1.29, 1.82) is 0 Å². The highest BCUT2D eigenvalue weighted by atomic mass is 79.9. The Labute approximate surface area is 147 Å². The zero-order chi connectivity index (χ0) is 15.8. The monoisotopic (exact) mass is 386 g/mol. The molecule has 0 amide bonds. The average molecular weight is 387 g/mol. The maximum absolute atomic E-state index is 4.70. The molecule has 0 aliphatic carbocycles. The summed E-state index contributed by atoms with van der Waals surface area (Å²) in [5.41, 5.74) is 3.56. The summed E-state index contributed by atoms with van der Waals surface area (Å²) in [6.07, 6.45) is 3.75. The van der Waals surface area contributed by atoms with E-state index >= 15 is 0 Å². The Balaban J connectivity index is 1.62. The summed E-state index contributed by atoms with van der Waals surface area (Å²) < 4.78 is 2.79. The van der Waals surface area contributed by atoms with Crippen molar-refractivity contribution in [3.63, 3.8) is 0 Å². The second-order valence-electron chi connectivity index (χ2n) is 5.46. The van der Waals surface area contributed by atoms with Gasteiger partial charge < -0.3 is 5.32 Å². The van der Waals surface area contributed by atoms with Gasteiger partial charge in [-0.1, -0.05) is 13.0 Å². The molecule has 0 saturated heterocycles. The number of fused-ring (bicyclic) bond motifs is 1. The van der Waals surface area contributed by atoms with Crippen LogP contribution in [0.4, 0.5) is 5.69 Å². The molecule has 4 rings (SSSR count). The minimum Gasteiger partial charge on any atom is -0.375 e. The van der Waals surface area contributed by atoms with E-state index in [1.807, 2.05) is 34.8 Å². The van der Waals surface area contributed by atoms with Crippen molar-refractivity contribution in [3.05, 3.63) is 64.5 Å². The van der Waals surface area contributed by atoms with Crippen LogP contribution in [0.25, 0.3) is 5.82 Å². The Kier molecular flexibility index (Phi) is 3.87. The maximum Gasteiger partial charge on any atom is 0.153 e. The number of hydrogen-bond acceptors (Lipinski definition) is 4. The van der Waals surface area contributed by atoms with Crippen molar-refractivity contribution < 1.29 is 0 Å². The molecule has 0 bridgehead atoms. The zero-order valence-corrected chi connectivity index (χ0v) is 14.9. The fourth-order valence-corrected chi connectivity index (χ4v) is 3.77.